The summed E-state index contributed by atoms with van der Waals surface area (Å²) in [6, 6.07) is 7.36. The molecule has 2 aromatic carbocycles. The van der Waals surface area contributed by atoms with Crippen molar-refractivity contribution in [3.05, 3.63) is 62.6 Å². The van der Waals surface area contributed by atoms with E-state index < -0.39 is 0 Å². The van der Waals surface area contributed by atoms with Gasteiger partial charge in [0.05, 0.1) is 50.7 Å². The highest BCUT2D eigenvalue weighted by Gasteiger charge is 2.25. The van der Waals surface area contributed by atoms with Gasteiger partial charge < -0.3 is 29.2 Å². The molecule has 1 aliphatic heterocycles. The van der Waals surface area contributed by atoms with E-state index in [1.54, 1.807) is 0 Å². The minimum atomic E-state index is -0.213. The van der Waals surface area contributed by atoms with Crippen LogP contribution in [0.5, 0.6) is 11.5 Å². The Hall–Kier alpha value is -1.80. The van der Waals surface area contributed by atoms with E-state index >= 15 is 0 Å². The average Bonchev–Trinajstić information content (AvgIpc) is 3.40. The third kappa shape index (κ3) is 6.70. The van der Waals surface area contributed by atoms with E-state index in [0.29, 0.717) is 51.8 Å². The monoisotopic (exact) mass is 524 g/mol. The van der Waals surface area contributed by atoms with E-state index in [-0.39, 0.29) is 19.5 Å². The number of methoxy groups -OCH3 is 2. The van der Waals surface area contributed by atoms with Gasteiger partial charge in [0.2, 0.25) is 0 Å². The van der Waals surface area contributed by atoms with Crippen LogP contribution in [0.25, 0.3) is 5.57 Å². The van der Waals surface area contributed by atoms with E-state index in [1.807, 2.05) is 24.3 Å². The van der Waals surface area contributed by atoms with Crippen molar-refractivity contribution in [3.63, 3.8) is 0 Å². The maximum atomic E-state index is 9.90. The van der Waals surface area contributed by atoms with Gasteiger partial charge in [-0.25, -0.2) is 0 Å². The van der Waals surface area contributed by atoms with Crippen molar-refractivity contribution >= 4 is 28.8 Å². The zero-order valence-electron chi connectivity index (χ0n) is 20.5. The van der Waals surface area contributed by atoms with Gasteiger partial charge in [-0.05, 0) is 66.6 Å². The summed E-state index contributed by atoms with van der Waals surface area (Å²) < 4.78 is 22.2. The lowest BCUT2D eigenvalue weighted by Gasteiger charge is -2.20. The van der Waals surface area contributed by atoms with Gasteiger partial charge in [0.1, 0.15) is 11.5 Å². The first-order valence-corrected chi connectivity index (χ1v) is 12.6. The lowest BCUT2D eigenvalue weighted by Crippen LogP contribution is -2.20. The Morgan fingerprint density at radius 1 is 0.971 bits per heavy atom. The second-order valence-electron chi connectivity index (χ2n) is 8.44. The minimum Gasteiger partial charge on any atom is -0.495 e. The lowest BCUT2D eigenvalue weighted by atomic mass is 9.92. The summed E-state index contributed by atoms with van der Waals surface area (Å²) in [4.78, 5) is 0. The second-order valence-corrected chi connectivity index (χ2v) is 9.26. The Kier molecular flexibility index (Phi) is 10.7. The van der Waals surface area contributed by atoms with Gasteiger partial charge in [-0.1, -0.05) is 36.2 Å². The fraction of sp³-hybridized carbons (Fsp3) is 0.481. The maximum Gasteiger partial charge on any atom is 0.160 e. The third-order valence-corrected chi connectivity index (χ3v) is 6.86. The first kappa shape index (κ1) is 27.8. The molecule has 0 bridgehead atoms. The lowest BCUT2D eigenvalue weighted by molar-refractivity contribution is -0.0866. The van der Waals surface area contributed by atoms with Crippen molar-refractivity contribution in [2.24, 2.45) is 5.92 Å². The Labute approximate surface area is 217 Å². The molecule has 0 amide bonds. The summed E-state index contributed by atoms with van der Waals surface area (Å²) >= 11 is 13.0. The average molecular weight is 525 g/mol. The topological polar surface area (TPSA) is 77.4 Å². The molecular formula is C27H34Cl2O6. The number of hydrogen-bond acceptors (Lipinski definition) is 6. The number of unbranched alkanes of at least 4 members (excludes halogenated alkanes) is 1. The molecule has 0 radical (unpaired) electrons. The van der Waals surface area contributed by atoms with Crippen molar-refractivity contribution < 1.29 is 29.2 Å². The van der Waals surface area contributed by atoms with Gasteiger partial charge in [0.25, 0.3) is 0 Å². The fourth-order valence-corrected chi connectivity index (χ4v) is 5.15. The van der Waals surface area contributed by atoms with Crippen LogP contribution in [-0.2, 0) is 22.7 Å². The molecule has 1 heterocycles. The molecule has 35 heavy (non-hydrogen) atoms. The number of rotatable bonds is 12. The van der Waals surface area contributed by atoms with Crippen LogP contribution in [0.2, 0.25) is 10.0 Å². The number of benzene rings is 2. The van der Waals surface area contributed by atoms with Crippen LogP contribution >= 0.6 is 23.2 Å². The summed E-state index contributed by atoms with van der Waals surface area (Å²) in [6.07, 6.45) is 5.73. The van der Waals surface area contributed by atoms with Gasteiger partial charge in [0, 0.05) is 17.0 Å². The molecule has 6 nitrogen and oxygen atoms in total. The molecule has 0 aromatic heterocycles. The van der Waals surface area contributed by atoms with Crippen molar-refractivity contribution in [1.29, 1.82) is 0 Å². The molecule has 2 N–H and O–H groups in total. The number of hydrogen-bond donors (Lipinski definition) is 2. The third-order valence-electron chi connectivity index (χ3n) is 6.30. The molecule has 1 fully saturated rings. The van der Waals surface area contributed by atoms with Gasteiger partial charge in [-0.3, -0.25) is 0 Å². The smallest absolute Gasteiger partial charge is 0.160 e. The SMILES string of the molecule is CCC(CCCC=C(c1cc(Cl)c(OC)c(CO)c1)c1cc(Cl)c(OC)c(CO)c1)C1OCCO1. The van der Waals surface area contributed by atoms with E-state index in [4.69, 9.17) is 42.1 Å². The molecule has 2 aromatic rings. The molecule has 1 atom stereocenters. The van der Waals surface area contributed by atoms with E-state index in [1.165, 1.54) is 14.2 Å². The highest BCUT2D eigenvalue weighted by molar-refractivity contribution is 6.33. The summed E-state index contributed by atoms with van der Waals surface area (Å²) in [5, 5.41) is 20.6. The fourth-order valence-electron chi connectivity index (χ4n) is 4.51. The van der Waals surface area contributed by atoms with Gasteiger partial charge >= 0.3 is 0 Å². The molecule has 0 saturated carbocycles. The van der Waals surface area contributed by atoms with Gasteiger partial charge in [-0.15, -0.1) is 0 Å². The highest BCUT2D eigenvalue weighted by atomic mass is 35.5. The van der Waals surface area contributed by atoms with Crippen LogP contribution in [-0.4, -0.2) is 43.9 Å². The van der Waals surface area contributed by atoms with Crippen molar-refractivity contribution in [2.45, 2.75) is 52.1 Å². The number of aliphatic hydroxyl groups excluding tert-OH is 2. The summed E-state index contributed by atoms with van der Waals surface area (Å²) in [7, 11) is 3.05. The number of aliphatic hydroxyl groups is 2. The molecule has 8 heteroatoms. The van der Waals surface area contributed by atoms with E-state index in [9.17, 15) is 10.2 Å². The molecule has 0 aliphatic carbocycles. The van der Waals surface area contributed by atoms with Crippen molar-refractivity contribution in [1.82, 2.24) is 0 Å². The van der Waals surface area contributed by atoms with E-state index in [0.717, 1.165) is 42.4 Å². The zero-order chi connectivity index (χ0) is 25.4. The molecular weight excluding hydrogens is 491 g/mol. The molecule has 3 rings (SSSR count). The zero-order valence-corrected chi connectivity index (χ0v) is 22.0. The summed E-state index contributed by atoms with van der Waals surface area (Å²) in [5.41, 5.74) is 3.71. The quantitative estimate of drug-likeness (QED) is 0.331. The van der Waals surface area contributed by atoms with Gasteiger partial charge in [-0.2, -0.15) is 0 Å². The number of allylic oxidation sites excluding steroid dienone is 1. The molecule has 192 valence electrons. The highest BCUT2D eigenvalue weighted by Crippen LogP contribution is 2.38. The number of halogens is 2. The van der Waals surface area contributed by atoms with Crippen molar-refractivity contribution in [2.75, 3.05) is 27.4 Å². The number of ether oxygens (including phenoxy) is 4. The second kappa shape index (κ2) is 13.5. The Balaban J connectivity index is 1.96. The predicted molar refractivity (Wildman–Crippen MR) is 138 cm³/mol. The largest absolute Gasteiger partial charge is 0.495 e. The predicted octanol–water partition coefficient (Wildman–Crippen LogP) is 6.00. The molecule has 1 aliphatic rings. The Morgan fingerprint density at radius 3 is 1.91 bits per heavy atom. The normalized spacial score (nSPS) is 14.7. The maximum absolute atomic E-state index is 9.90. The Morgan fingerprint density at radius 2 is 1.49 bits per heavy atom. The first-order valence-electron chi connectivity index (χ1n) is 11.9. The van der Waals surface area contributed by atoms with E-state index in [2.05, 4.69) is 13.0 Å². The van der Waals surface area contributed by atoms with Crippen LogP contribution in [0.3, 0.4) is 0 Å². The van der Waals surface area contributed by atoms with Crippen LogP contribution in [0.4, 0.5) is 0 Å². The minimum absolute atomic E-state index is 0.122. The van der Waals surface area contributed by atoms with Crippen LogP contribution in [0.15, 0.2) is 30.3 Å². The molecule has 1 saturated heterocycles. The standard InChI is InChI=1S/C27H34Cl2O6/c1-4-17(27-34-9-10-35-27)7-5-6-8-22(18-11-20(15-30)25(32-2)23(28)13-18)19-12-21(16-31)26(33-3)24(29)14-19/h8,11-14,17,27,30-31H,4-7,9-10,15-16H2,1-3H3. The van der Waals surface area contributed by atoms with Crippen LogP contribution < -0.4 is 9.47 Å². The van der Waals surface area contributed by atoms with Crippen LogP contribution in [0.1, 0.15) is 54.9 Å². The van der Waals surface area contributed by atoms with Crippen LogP contribution in [0, 0.1) is 5.92 Å². The Bertz CT molecular complexity index is 954. The summed E-state index contributed by atoms with van der Waals surface area (Å²) in [6.45, 7) is 3.04. The molecule has 0 spiro atoms. The first-order chi connectivity index (χ1) is 17.0. The summed E-state index contributed by atoms with van der Waals surface area (Å²) in [5.74, 6) is 1.24. The van der Waals surface area contributed by atoms with Gasteiger partial charge in [0.15, 0.2) is 6.29 Å². The van der Waals surface area contributed by atoms with Crippen molar-refractivity contribution in [3.8, 4) is 11.5 Å². The molecule has 1 unspecified atom stereocenters.